The maximum atomic E-state index is 6.06. The van der Waals surface area contributed by atoms with Crippen molar-refractivity contribution in [3.63, 3.8) is 0 Å². The largest absolute Gasteiger partial charge is 0.497 e. The first-order valence-corrected chi connectivity index (χ1v) is 5.79. The molecule has 0 heterocycles. The zero-order valence-corrected chi connectivity index (χ0v) is 10.4. The molecule has 0 aliphatic carbocycles. The lowest BCUT2D eigenvalue weighted by molar-refractivity contribution is 0.414. The average Bonchev–Trinajstić information content (AvgIpc) is 2.38. The van der Waals surface area contributed by atoms with Gasteiger partial charge in [-0.2, -0.15) is 0 Å². The Morgan fingerprint density at radius 3 is 2.71 bits per heavy atom. The smallest absolute Gasteiger partial charge is 0.119 e. The predicted molar refractivity (Wildman–Crippen MR) is 71.8 cm³/mol. The standard InChI is InChI=1S/C14H14ClNO/c1-17-12-6-4-5-11(9-12)10-16-14-8-3-2-7-13(14)15/h2-9,16H,10H2,1H3. The van der Waals surface area contributed by atoms with Gasteiger partial charge in [-0.05, 0) is 29.8 Å². The number of anilines is 1. The van der Waals surface area contributed by atoms with Crippen molar-refractivity contribution in [1.29, 1.82) is 0 Å². The number of rotatable bonds is 4. The average molecular weight is 248 g/mol. The Hall–Kier alpha value is -1.67. The van der Waals surface area contributed by atoms with Crippen LogP contribution in [0, 0.1) is 0 Å². The van der Waals surface area contributed by atoms with E-state index in [9.17, 15) is 0 Å². The number of ether oxygens (including phenoxy) is 1. The molecule has 0 saturated heterocycles. The molecule has 1 N–H and O–H groups in total. The molecule has 2 rings (SSSR count). The molecule has 0 atom stereocenters. The van der Waals surface area contributed by atoms with Crippen LogP contribution in [-0.2, 0) is 6.54 Å². The minimum absolute atomic E-state index is 0.723. The Kier molecular flexibility index (Phi) is 3.89. The molecular formula is C14H14ClNO. The fourth-order valence-electron chi connectivity index (χ4n) is 1.58. The van der Waals surface area contributed by atoms with Gasteiger partial charge in [0.2, 0.25) is 0 Å². The SMILES string of the molecule is COc1cccc(CNc2ccccc2Cl)c1. The summed E-state index contributed by atoms with van der Waals surface area (Å²) in [6.07, 6.45) is 0. The number of hydrogen-bond donors (Lipinski definition) is 1. The van der Waals surface area contributed by atoms with Crippen molar-refractivity contribution in [1.82, 2.24) is 0 Å². The van der Waals surface area contributed by atoms with E-state index in [1.807, 2.05) is 48.5 Å². The van der Waals surface area contributed by atoms with E-state index >= 15 is 0 Å². The Balaban J connectivity index is 2.05. The van der Waals surface area contributed by atoms with Crippen molar-refractivity contribution in [2.75, 3.05) is 12.4 Å². The van der Waals surface area contributed by atoms with Crippen molar-refractivity contribution >= 4 is 17.3 Å². The van der Waals surface area contributed by atoms with Gasteiger partial charge in [0.05, 0.1) is 17.8 Å². The number of hydrogen-bond acceptors (Lipinski definition) is 2. The van der Waals surface area contributed by atoms with E-state index in [1.165, 1.54) is 0 Å². The Labute approximate surface area is 106 Å². The molecule has 0 spiro atoms. The van der Waals surface area contributed by atoms with Crippen LogP contribution in [0.15, 0.2) is 48.5 Å². The van der Waals surface area contributed by atoms with E-state index in [4.69, 9.17) is 16.3 Å². The third kappa shape index (κ3) is 3.14. The van der Waals surface area contributed by atoms with Gasteiger partial charge in [-0.1, -0.05) is 35.9 Å². The van der Waals surface area contributed by atoms with E-state index < -0.39 is 0 Å². The van der Waals surface area contributed by atoms with Gasteiger partial charge in [-0.3, -0.25) is 0 Å². The van der Waals surface area contributed by atoms with Crippen LogP contribution in [0.4, 0.5) is 5.69 Å². The second-order valence-corrected chi connectivity index (χ2v) is 4.09. The van der Waals surface area contributed by atoms with Crippen molar-refractivity contribution in [3.05, 3.63) is 59.1 Å². The molecule has 0 radical (unpaired) electrons. The monoisotopic (exact) mass is 247 g/mol. The summed E-state index contributed by atoms with van der Waals surface area (Å²) < 4.78 is 5.18. The molecule has 0 aliphatic heterocycles. The van der Waals surface area contributed by atoms with E-state index in [2.05, 4.69) is 5.32 Å². The Morgan fingerprint density at radius 2 is 1.94 bits per heavy atom. The molecule has 0 amide bonds. The van der Waals surface area contributed by atoms with Crippen LogP contribution in [-0.4, -0.2) is 7.11 Å². The number of methoxy groups -OCH3 is 1. The number of para-hydroxylation sites is 1. The maximum Gasteiger partial charge on any atom is 0.119 e. The van der Waals surface area contributed by atoms with Crippen LogP contribution < -0.4 is 10.1 Å². The second kappa shape index (κ2) is 5.60. The number of benzene rings is 2. The lowest BCUT2D eigenvalue weighted by Gasteiger charge is -2.09. The quantitative estimate of drug-likeness (QED) is 0.883. The van der Waals surface area contributed by atoms with Crippen molar-refractivity contribution in [3.8, 4) is 5.75 Å². The lowest BCUT2D eigenvalue weighted by Crippen LogP contribution is -1.99. The second-order valence-electron chi connectivity index (χ2n) is 3.68. The van der Waals surface area contributed by atoms with Gasteiger partial charge in [-0.15, -0.1) is 0 Å². The van der Waals surface area contributed by atoms with E-state index in [0.29, 0.717) is 0 Å². The minimum Gasteiger partial charge on any atom is -0.497 e. The summed E-state index contributed by atoms with van der Waals surface area (Å²) in [5.41, 5.74) is 2.10. The van der Waals surface area contributed by atoms with Crippen LogP contribution >= 0.6 is 11.6 Å². The fraction of sp³-hybridized carbons (Fsp3) is 0.143. The summed E-state index contributed by atoms with van der Waals surface area (Å²) >= 11 is 6.06. The highest BCUT2D eigenvalue weighted by atomic mass is 35.5. The van der Waals surface area contributed by atoms with Crippen molar-refractivity contribution in [2.24, 2.45) is 0 Å². The van der Waals surface area contributed by atoms with Gasteiger partial charge in [0.25, 0.3) is 0 Å². The molecule has 0 saturated carbocycles. The van der Waals surface area contributed by atoms with Gasteiger partial charge < -0.3 is 10.1 Å². The van der Waals surface area contributed by atoms with Gasteiger partial charge in [0, 0.05) is 6.54 Å². The number of halogens is 1. The summed E-state index contributed by atoms with van der Waals surface area (Å²) in [4.78, 5) is 0. The van der Waals surface area contributed by atoms with Crippen LogP contribution in [0.1, 0.15) is 5.56 Å². The topological polar surface area (TPSA) is 21.3 Å². The van der Waals surface area contributed by atoms with Gasteiger partial charge in [0.15, 0.2) is 0 Å². The lowest BCUT2D eigenvalue weighted by atomic mass is 10.2. The summed E-state index contributed by atoms with van der Waals surface area (Å²) in [5, 5.41) is 4.02. The minimum atomic E-state index is 0.723. The maximum absolute atomic E-state index is 6.06. The first kappa shape index (κ1) is 11.8. The molecule has 2 aromatic carbocycles. The van der Waals surface area contributed by atoms with Crippen LogP contribution in [0.5, 0.6) is 5.75 Å². The Bertz CT molecular complexity index is 499. The summed E-state index contributed by atoms with van der Waals surface area (Å²) in [5.74, 6) is 0.864. The van der Waals surface area contributed by atoms with E-state index in [-0.39, 0.29) is 0 Å². The van der Waals surface area contributed by atoms with Gasteiger partial charge >= 0.3 is 0 Å². The molecule has 0 bridgehead atoms. The van der Waals surface area contributed by atoms with E-state index in [0.717, 1.165) is 28.6 Å². The third-order valence-electron chi connectivity index (χ3n) is 2.49. The first-order chi connectivity index (χ1) is 8.29. The number of nitrogens with one attached hydrogen (secondary N) is 1. The van der Waals surface area contributed by atoms with Crippen molar-refractivity contribution < 1.29 is 4.74 Å². The summed E-state index contributed by atoms with van der Waals surface area (Å²) in [7, 11) is 1.67. The molecule has 0 unspecified atom stereocenters. The molecular weight excluding hydrogens is 234 g/mol. The predicted octanol–water partition coefficient (Wildman–Crippen LogP) is 3.96. The third-order valence-corrected chi connectivity index (χ3v) is 2.82. The molecule has 88 valence electrons. The van der Waals surface area contributed by atoms with E-state index in [1.54, 1.807) is 7.11 Å². The summed E-state index contributed by atoms with van der Waals surface area (Å²) in [6.45, 7) is 0.723. The van der Waals surface area contributed by atoms with Gasteiger partial charge in [-0.25, -0.2) is 0 Å². The highest BCUT2D eigenvalue weighted by molar-refractivity contribution is 6.33. The molecule has 17 heavy (non-hydrogen) atoms. The summed E-state index contributed by atoms with van der Waals surface area (Å²) in [6, 6.07) is 15.7. The van der Waals surface area contributed by atoms with Crippen LogP contribution in [0.2, 0.25) is 5.02 Å². The van der Waals surface area contributed by atoms with Crippen LogP contribution in [0.3, 0.4) is 0 Å². The first-order valence-electron chi connectivity index (χ1n) is 5.41. The van der Waals surface area contributed by atoms with Crippen molar-refractivity contribution in [2.45, 2.75) is 6.54 Å². The molecule has 2 aromatic rings. The van der Waals surface area contributed by atoms with Gasteiger partial charge in [0.1, 0.15) is 5.75 Å². The molecule has 2 nitrogen and oxygen atoms in total. The Morgan fingerprint density at radius 1 is 1.12 bits per heavy atom. The zero-order valence-electron chi connectivity index (χ0n) is 9.61. The normalized spacial score (nSPS) is 10.0. The molecule has 0 aliphatic rings. The molecule has 3 heteroatoms. The van der Waals surface area contributed by atoms with Crippen LogP contribution in [0.25, 0.3) is 0 Å². The zero-order chi connectivity index (χ0) is 12.1. The molecule has 0 aromatic heterocycles. The highest BCUT2D eigenvalue weighted by Crippen LogP contribution is 2.21. The molecule has 0 fully saturated rings. The highest BCUT2D eigenvalue weighted by Gasteiger charge is 1.99. The fourth-order valence-corrected chi connectivity index (χ4v) is 1.79.